The van der Waals surface area contributed by atoms with Crippen molar-refractivity contribution in [3.8, 4) is 12.1 Å². The van der Waals surface area contributed by atoms with E-state index in [-0.39, 0.29) is 36.0 Å². The van der Waals surface area contributed by atoms with Crippen LogP contribution in [0, 0.1) is 34.5 Å². The lowest BCUT2D eigenvalue weighted by Gasteiger charge is -2.38. The second-order valence-corrected chi connectivity index (χ2v) is 6.13. The number of carbonyl (C=O) groups is 2. The van der Waals surface area contributed by atoms with E-state index in [0.29, 0.717) is 24.9 Å². The molecule has 0 aromatic heterocycles. The molecule has 1 aromatic carbocycles. The van der Waals surface area contributed by atoms with Crippen molar-refractivity contribution in [2.45, 2.75) is 31.3 Å². The smallest absolute Gasteiger partial charge is 0.167 e. The molecule has 23 heavy (non-hydrogen) atoms. The Morgan fingerprint density at radius 2 is 2.00 bits per heavy atom. The van der Waals surface area contributed by atoms with Gasteiger partial charge in [0, 0.05) is 36.9 Å². The molecule has 0 radical (unpaired) electrons. The first-order chi connectivity index (χ1) is 11.2. The molecule has 2 aliphatic rings. The Bertz CT molecular complexity index is 701. The van der Waals surface area contributed by atoms with Crippen molar-refractivity contribution in [3.63, 3.8) is 0 Å². The number of ketones is 2. The van der Waals surface area contributed by atoms with Crippen molar-refractivity contribution >= 4 is 11.6 Å². The first kappa shape index (κ1) is 15.4. The van der Waals surface area contributed by atoms with Gasteiger partial charge in [0.2, 0.25) is 0 Å². The van der Waals surface area contributed by atoms with E-state index in [9.17, 15) is 14.9 Å². The van der Waals surface area contributed by atoms with Crippen LogP contribution in [0.25, 0.3) is 0 Å². The Hall–Kier alpha value is -2.50. The van der Waals surface area contributed by atoms with Gasteiger partial charge in [-0.2, -0.15) is 10.5 Å². The second-order valence-electron chi connectivity index (χ2n) is 6.13. The molecule has 0 amide bonds. The van der Waals surface area contributed by atoms with Crippen LogP contribution in [0.5, 0.6) is 0 Å². The van der Waals surface area contributed by atoms with Gasteiger partial charge >= 0.3 is 0 Å². The zero-order chi connectivity index (χ0) is 16.4. The summed E-state index contributed by atoms with van der Waals surface area (Å²) in [6.07, 6.45) is 0.971. The molecule has 0 aliphatic carbocycles. The molecule has 2 aliphatic heterocycles. The molecule has 4 atom stereocenters. The Kier molecular flexibility index (Phi) is 4.23. The summed E-state index contributed by atoms with van der Waals surface area (Å²) in [6, 6.07) is 12.7. The highest BCUT2D eigenvalue weighted by Gasteiger charge is 2.54. The summed E-state index contributed by atoms with van der Waals surface area (Å²) in [6.45, 7) is 0.439. The van der Waals surface area contributed by atoms with Gasteiger partial charge in [-0.15, -0.1) is 0 Å². The minimum atomic E-state index is -0.494. The van der Waals surface area contributed by atoms with E-state index in [1.165, 1.54) is 0 Å². The molecule has 5 heteroatoms. The van der Waals surface area contributed by atoms with Gasteiger partial charge in [-0.3, -0.25) is 14.5 Å². The lowest BCUT2D eigenvalue weighted by molar-refractivity contribution is -0.127. The van der Waals surface area contributed by atoms with Crippen molar-refractivity contribution in [1.29, 1.82) is 10.5 Å². The lowest BCUT2D eigenvalue weighted by atomic mass is 9.81. The van der Waals surface area contributed by atoms with Gasteiger partial charge in [0.25, 0.3) is 0 Å². The summed E-state index contributed by atoms with van der Waals surface area (Å²) in [5, 5.41) is 18.3. The van der Waals surface area contributed by atoms with Gasteiger partial charge in [0.1, 0.15) is 0 Å². The summed E-state index contributed by atoms with van der Waals surface area (Å²) >= 11 is 0. The Morgan fingerprint density at radius 3 is 2.65 bits per heavy atom. The molecular formula is C18H17N3O2. The maximum Gasteiger partial charge on any atom is 0.167 e. The number of piperidine rings is 1. The molecule has 2 bridgehead atoms. The predicted molar refractivity (Wildman–Crippen MR) is 82.1 cm³/mol. The fourth-order valence-electron chi connectivity index (χ4n) is 3.93. The van der Waals surface area contributed by atoms with Crippen molar-refractivity contribution in [2.24, 2.45) is 11.8 Å². The third kappa shape index (κ3) is 2.65. The number of fused-ring (bicyclic) bond motifs is 2. The van der Waals surface area contributed by atoms with Gasteiger partial charge in [-0.1, -0.05) is 30.3 Å². The number of Topliss-reactive ketones (excluding diaryl/α,β-unsaturated/α-hetero) is 2. The van der Waals surface area contributed by atoms with Gasteiger partial charge < -0.3 is 0 Å². The zero-order valence-corrected chi connectivity index (χ0v) is 12.7. The topological polar surface area (TPSA) is 85.0 Å². The zero-order valence-electron chi connectivity index (χ0n) is 12.7. The monoisotopic (exact) mass is 307 g/mol. The number of nitriles is 2. The van der Waals surface area contributed by atoms with Crippen LogP contribution in [0.15, 0.2) is 30.3 Å². The maximum absolute atomic E-state index is 12.9. The maximum atomic E-state index is 12.9. The summed E-state index contributed by atoms with van der Waals surface area (Å²) in [7, 11) is 0. The van der Waals surface area contributed by atoms with Crippen molar-refractivity contribution in [2.75, 3.05) is 6.54 Å². The summed E-state index contributed by atoms with van der Waals surface area (Å²) in [4.78, 5) is 27.2. The third-order valence-corrected chi connectivity index (χ3v) is 4.92. The third-order valence-electron chi connectivity index (χ3n) is 4.92. The predicted octanol–water partition coefficient (Wildman–Crippen LogP) is 1.95. The van der Waals surface area contributed by atoms with Gasteiger partial charge in [0.15, 0.2) is 11.6 Å². The molecule has 3 rings (SSSR count). The molecule has 0 N–H and O–H groups in total. The van der Waals surface area contributed by atoms with Gasteiger partial charge in [-0.25, -0.2) is 0 Å². The van der Waals surface area contributed by atoms with Crippen molar-refractivity contribution in [1.82, 2.24) is 4.90 Å². The molecular weight excluding hydrogens is 290 g/mol. The van der Waals surface area contributed by atoms with E-state index in [1.807, 2.05) is 11.0 Å². The minimum Gasteiger partial charge on any atom is -0.298 e. The average molecular weight is 307 g/mol. The van der Waals surface area contributed by atoms with Crippen LogP contribution in [0.1, 0.15) is 29.6 Å². The van der Waals surface area contributed by atoms with Gasteiger partial charge in [-0.05, 0) is 6.42 Å². The molecule has 116 valence electrons. The van der Waals surface area contributed by atoms with Gasteiger partial charge in [0.05, 0.1) is 24.1 Å². The largest absolute Gasteiger partial charge is 0.298 e. The quantitative estimate of drug-likeness (QED) is 0.794. The molecule has 2 heterocycles. The molecule has 0 saturated carbocycles. The molecule has 2 fully saturated rings. The van der Waals surface area contributed by atoms with E-state index in [0.717, 1.165) is 0 Å². The number of carbonyl (C=O) groups excluding carboxylic acids is 2. The average Bonchev–Trinajstić information content (AvgIpc) is 2.88. The molecule has 0 spiro atoms. The highest BCUT2D eigenvalue weighted by molar-refractivity contribution is 6.02. The van der Waals surface area contributed by atoms with Crippen LogP contribution < -0.4 is 0 Å². The Balaban J connectivity index is 1.94. The molecule has 2 saturated heterocycles. The van der Waals surface area contributed by atoms with Crippen LogP contribution in [0.2, 0.25) is 0 Å². The fraction of sp³-hybridized carbons (Fsp3) is 0.444. The van der Waals surface area contributed by atoms with E-state index in [4.69, 9.17) is 5.26 Å². The van der Waals surface area contributed by atoms with Crippen molar-refractivity contribution < 1.29 is 9.59 Å². The van der Waals surface area contributed by atoms with Crippen LogP contribution in [0.4, 0.5) is 0 Å². The first-order valence-electron chi connectivity index (χ1n) is 7.81. The normalized spacial score (nSPS) is 29.7. The molecule has 4 unspecified atom stereocenters. The lowest BCUT2D eigenvalue weighted by Crippen LogP contribution is -2.53. The second kappa shape index (κ2) is 6.32. The fourth-order valence-corrected chi connectivity index (χ4v) is 3.93. The van der Waals surface area contributed by atoms with Crippen molar-refractivity contribution in [3.05, 3.63) is 35.9 Å². The summed E-state index contributed by atoms with van der Waals surface area (Å²) in [5.74, 6) is -0.882. The van der Waals surface area contributed by atoms with E-state index in [1.54, 1.807) is 24.3 Å². The van der Waals surface area contributed by atoms with E-state index in [2.05, 4.69) is 12.1 Å². The van der Waals surface area contributed by atoms with E-state index < -0.39 is 5.92 Å². The first-order valence-corrected chi connectivity index (χ1v) is 7.81. The van der Waals surface area contributed by atoms with Crippen LogP contribution in [0.3, 0.4) is 0 Å². The minimum absolute atomic E-state index is 0.0196. The molecule has 1 aromatic rings. The Morgan fingerprint density at radius 1 is 1.26 bits per heavy atom. The Labute approximate surface area is 135 Å². The summed E-state index contributed by atoms with van der Waals surface area (Å²) < 4.78 is 0. The standard InChI is InChI=1S/C18H17N3O2/c19-7-4-8-21-15-9-13(11-20)17(21)14(10-16(15)22)18(23)12-5-2-1-3-6-12/h1-3,5-6,13-15,17H,4,8-10H2. The highest BCUT2D eigenvalue weighted by Crippen LogP contribution is 2.42. The van der Waals surface area contributed by atoms with E-state index >= 15 is 0 Å². The van der Waals surface area contributed by atoms with Crippen LogP contribution >= 0.6 is 0 Å². The molecule has 5 nitrogen and oxygen atoms in total. The number of hydrogen-bond acceptors (Lipinski definition) is 5. The van der Waals surface area contributed by atoms with Crippen LogP contribution in [-0.4, -0.2) is 35.1 Å². The van der Waals surface area contributed by atoms with Crippen LogP contribution in [-0.2, 0) is 4.79 Å². The number of nitrogens with zero attached hydrogens (tertiary/aromatic N) is 3. The number of rotatable bonds is 4. The number of benzene rings is 1. The SMILES string of the molecule is N#CCCN1C2CC(C#N)C1C(C(=O)c1ccccc1)CC2=O. The summed E-state index contributed by atoms with van der Waals surface area (Å²) in [5.41, 5.74) is 0.576. The highest BCUT2D eigenvalue weighted by atomic mass is 16.1. The number of hydrogen-bond donors (Lipinski definition) is 0.